The minimum absolute atomic E-state index is 0.658. The Bertz CT molecular complexity index is 401. The van der Waals surface area contributed by atoms with Crippen molar-refractivity contribution in [1.82, 2.24) is 5.32 Å². The highest BCUT2D eigenvalue weighted by Gasteiger charge is 2.20. The van der Waals surface area contributed by atoms with E-state index in [9.17, 15) is 0 Å². The quantitative estimate of drug-likeness (QED) is 0.784. The predicted octanol–water partition coefficient (Wildman–Crippen LogP) is 2.74. The zero-order valence-electron chi connectivity index (χ0n) is 10.8. The van der Waals surface area contributed by atoms with Gasteiger partial charge in [0.25, 0.3) is 0 Å². The molecule has 0 bridgehead atoms. The lowest BCUT2D eigenvalue weighted by atomic mass is 10.1. The first-order valence-electron chi connectivity index (χ1n) is 7.02. The number of hydrogen-bond donors (Lipinski definition) is 1. The fourth-order valence-corrected chi connectivity index (χ4v) is 2.42. The molecule has 1 saturated carbocycles. The summed E-state index contributed by atoms with van der Waals surface area (Å²) < 4.78 is 11.3. The number of nitrogens with one attached hydrogen (secondary N) is 1. The highest BCUT2D eigenvalue weighted by molar-refractivity contribution is 5.47. The fourth-order valence-electron chi connectivity index (χ4n) is 2.42. The van der Waals surface area contributed by atoms with Crippen LogP contribution < -0.4 is 14.8 Å². The van der Waals surface area contributed by atoms with Crippen LogP contribution in [0.15, 0.2) is 18.2 Å². The number of ether oxygens (including phenoxy) is 2. The van der Waals surface area contributed by atoms with Crippen molar-refractivity contribution in [2.75, 3.05) is 19.8 Å². The van der Waals surface area contributed by atoms with Gasteiger partial charge in [-0.3, -0.25) is 0 Å². The summed E-state index contributed by atoms with van der Waals surface area (Å²) in [7, 11) is 0. The predicted molar refractivity (Wildman–Crippen MR) is 71.1 cm³/mol. The zero-order valence-corrected chi connectivity index (χ0v) is 10.8. The molecule has 18 heavy (non-hydrogen) atoms. The van der Waals surface area contributed by atoms with Crippen molar-refractivity contribution < 1.29 is 9.47 Å². The van der Waals surface area contributed by atoms with Gasteiger partial charge in [-0.05, 0) is 31.4 Å². The third-order valence-electron chi connectivity index (χ3n) is 3.63. The Morgan fingerprint density at radius 3 is 2.94 bits per heavy atom. The van der Waals surface area contributed by atoms with Crippen molar-refractivity contribution >= 4 is 0 Å². The standard InChI is InChI=1S/C15H21NO2/c1-4-13(11-16-8-2-3-12-6-7-12)15-14(5-1)17-9-10-18-15/h1,4-5,12,16H,2-3,6-11H2. The number of benzene rings is 1. The van der Waals surface area contributed by atoms with E-state index in [0.29, 0.717) is 13.2 Å². The van der Waals surface area contributed by atoms with Crippen molar-refractivity contribution in [3.8, 4) is 11.5 Å². The maximum Gasteiger partial charge on any atom is 0.165 e. The molecular weight excluding hydrogens is 226 g/mol. The highest BCUT2D eigenvalue weighted by Crippen LogP contribution is 2.34. The smallest absolute Gasteiger partial charge is 0.165 e. The van der Waals surface area contributed by atoms with Gasteiger partial charge < -0.3 is 14.8 Å². The maximum atomic E-state index is 5.69. The molecule has 98 valence electrons. The van der Waals surface area contributed by atoms with Gasteiger partial charge in [0.1, 0.15) is 13.2 Å². The monoisotopic (exact) mass is 247 g/mol. The van der Waals surface area contributed by atoms with Gasteiger partial charge in [-0.2, -0.15) is 0 Å². The highest BCUT2D eigenvalue weighted by atomic mass is 16.6. The Balaban J connectivity index is 1.48. The SMILES string of the molecule is c1cc(CNCCCC2CC2)c2c(c1)OCCO2. The van der Waals surface area contributed by atoms with E-state index in [4.69, 9.17) is 9.47 Å². The number of hydrogen-bond acceptors (Lipinski definition) is 3. The van der Waals surface area contributed by atoms with Crippen LogP contribution in [0.3, 0.4) is 0 Å². The van der Waals surface area contributed by atoms with Gasteiger partial charge in [0.15, 0.2) is 11.5 Å². The molecule has 1 heterocycles. The van der Waals surface area contributed by atoms with Crippen LogP contribution in [0, 0.1) is 5.92 Å². The van der Waals surface area contributed by atoms with Gasteiger partial charge in [0.05, 0.1) is 0 Å². The molecule has 0 saturated heterocycles. The normalized spacial score (nSPS) is 17.8. The Labute approximate surface area is 108 Å². The van der Waals surface area contributed by atoms with Gasteiger partial charge in [0, 0.05) is 12.1 Å². The molecule has 3 heteroatoms. The molecular formula is C15H21NO2. The number of rotatable bonds is 6. The van der Waals surface area contributed by atoms with E-state index in [0.717, 1.165) is 30.5 Å². The van der Waals surface area contributed by atoms with Crippen molar-refractivity contribution in [3.63, 3.8) is 0 Å². The van der Waals surface area contributed by atoms with Crippen molar-refractivity contribution in [1.29, 1.82) is 0 Å². The second-order valence-corrected chi connectivity index (χ2v) is 5.20. The molecule has 1 aromatic rings. The maximum absolute atomic E-state index is 5.69. The Morgan fingerprint density at radius 2 is 2.06 bits per heavy atom. The van der Waals surface area contributed by atoms with Crippen LogP contribution in [0.25, 0.3) is 0 Å². The first kappa shape index (κ1) is 11.8. The van der Waals surface area contributed by atoms with Crippen LogP contribution in [-0.4, -0.2) is 19.8 Å². The molecule has 0 amide bonds. The van der Waals surface area contributed by atoms with Crippen LogP contribution in [0.2, 0.25) is 0 Å². The van der Waals surface area contributed by atoms with E-state index in [1.54, 1.807) is 0 Å². The lowest BCUT2D eigenvalue weighted by Crippen LogP contribution is -2.19. The molecule has 1 N–H and O–H groups in total. The minimum atomic E-state index is 0.658. The van der Waals surface area contributed by atoms with Crippen LogP contribution in [0.4, 0.5) is 0 Å². The molecule has 0 unspecified atom stereocenters. The Kier molecular flexibility index (Phi) is 3.69. The molecule has 1 aliphatic carbocycles. The van der Waals surface area contributed by atoms with Crippen LogP contribution in [-0.2, 0) is 6.54 Å². The van der Waals surface area contributed by atoms with E-state index in [2.05, 4.69) is 11.4 Å². The number of para-hydroxylation sites is 1. The third-order valence-corrected chi connectivity index (χ3v) is 3.63. The van der Waals surface area contributed by atoms with Crippen LogP contribution >= 0.6 is 0 Å². The molecule has 0 aromatic heterocycles. The topological polar surface area (TPSA) is 30.5 Å². The molecule has 1 fully saturated rings. The number of fused-ring (bicyclic) bond motifs is 1. The molecule has 0 atom stereocenters. The average molecular weight is 247 g/mol. The lowest BCUT2D eigenvalue weighted by molar-refractivity contribution is 0.169. The van der Waals surface area contributed by atoms with Gasteiger partial charge in [-0.25, -0.2) is 0 Å². The van der Waals surface area contributed by atoms with Crippen molar-refractivity contribution in [2.24, 2.45) is 5.92 Å². The summed E-state index contributed by atoms with van der Waals surface area (Å²) in [6, 6.07) is 6.13. The molecule has 3 rings (SSSR count). The summed E-state index contributed by atoms with van der Waals surface area (Å²) in [6.45, 7) is 3.29. The van der Waals surface area contributed by atoms with Gasteiger partial charge in [-0.15, -0.1) is 0 Å². The Hall–Kier alpha value is -1.22. The Morgan fingerprint density at radius 1 is 1.17 bits per heavy atom. The summed E-state index contributed by atoms with van der Waals surface area (Å²) in [5.41, 5.74) is 1.21. The van der Waals surface area contributed by atoms with E-state index in [-0.39, 0.29) is 0 Å². The van der Waals surface area contributed by atoms with E-state index in [1.807, 2.05) is 12.1 Å². The first-order chi connectivity index (χ1) is 8.93. The summed E-state index contributed by atoms with van der Waals surface area (Å²) in [5.74, 6) is 2.85. The summed E-state index contributed by atoms with van der Waals surface area (Å²) >= 11 is 0. The molecule has 0 spiro atoms. The molecule has 1 aliphatic heterocycles. The second kappa shape index (κ2) is 5.61. The second-order valence-electron chi connectivity index (χ2n) is 5.20. The van der Waals surface area contributed by atoms with Crippen molar-refractivity contribution in [2.45, 2.75) is 32.2 Å². The van der Waals surface area contributed by atoms with Crippen molar-refractivity contribution in [3.05, 3.63) is 23.8 Å². The molecule has 0 radical (unpaired) electrons. The zero-order chi connectivity index (χ0) is 12.2. The molecule has 2 aliphatic rings. The summed E-state index contributed by atoms with van der Waals surface area (Å²) in [4.78, 5) is 0. The molecule has 1 aromatic carbocycles. The third kappa shape index (κ3) is 2.96. The van der Waals surface area contributed by atoms with Crippen LogP contribution in [0.1, 0.15) is 31.2 Å². The van der Waals surface area contributed by atoms with E-state index < -0.39 is 0 Å². The molecule has 3 nitrogen and oxygen atoms in total. The summed E-state index contributed by atoms with van der Waals surface area (Å²) in [5, 5.41) is 3.50. The minimum Gasteiger partial charge on any atom is -0.486 e. The lowest BCUT2D eigenvalue weighted by Gasteiger charge is -2.21. The van der Waals surface area contributed by atoms with Gasteiger partial charge in [0.2, 0.25) is 0 Å². The average Bonchev–Trinajstić information content (AvgIpc) is 3.23. The largest absolute Gasteiger partial charge is 0.486 e. The van der Waals surface area contributed by atoms with Gasteiger partial charge >= 0.3 is 0 Å². The van der Waals surface area contributed by atoms with Crippen LogP contribution in [0.5, 0.6) is 11.5 Å². The van der Waals surface area contributed by atoms with E-state index in [1.165, 1.54) is 31.2 Å². The summed E-state index contributed by atoms with van der Waals surface area (Å²) in [6.07, 6.45) is 5.59. The van der Waals surface area contributed by atoms with E-state index >= 15 is 0 Å². The fraction of sp³-hybridized carbons (Fsp3) is 0.600. The van der Waals surface area contributed by atoms with Gasteiger partial charge in [-0.1, -0.05) is 25.0 Å². The first-order valence-corrected chi connectivity index (χ1v) is 7.02.